The fourth-order valence-electron chi connectivity index (χ4n) is 1.69. The summed E-state index contributed by atoms with van der Waals surface area (Å²) in [6.45, 7) is 0.425. The van der Waals surface area contributed by atoms with Gasteiger partial charge in [0, 0.05) is 18.3 Å². The van der Waals surface area contributed by atoms with Crippen LogP contribution in [0.3, 0.4) is 0 Å². The van der Waals surface area contributed by atoms with E-state index in [0.717, 1.165) is 5.56 Å². The smallest absolute Gasteiger partial charge is 0.321 e. The van der Waals surface area contributed by atoms with Crippen molar-refractivity contribution in [3.63, 3.8) is 0 Å². The first-order chi connectivity index (χ1) is 9.15. The van der Waals surface area contributed by atoms with Gasteiger partial charge in [-0.3, -0.25) is 5.43 Å². The highest BCUT2D eigenvalue weighted by Crippen LogP contribution is 2.29. The molecule has 0 saturated carbocycles. The van der Waals surface area contributed by atoms with Gasteiger partial charge in [0.1, 0.15) is 12.1 Å². The van der Waals surface area contributed by atoms with Crippen LogP contribution < -0.4 is 10.7 Å². The number of carbonyl (C=O) groups excluding carboxylic acids is 1. The van der Waals surface area contributed by atoms with E-state index in [0.29, 0.717) is 17.9 Å². The van der Waals surface area contributed by atoms with Crippen molar-refractivity contribution in [2.75, 3.05) is 17.8 Å². The Kier molecular flexibility index (Phi) is 3.31. The highest BCUT2D eigenvalue weighted by molar-refractivity contribution is 6.10. The second-order valence-corrected chi connectivity index (χ2v) is 3.91. The third-order valence-corrected chi connectivity index (χ3v) is 2.66. The van der Waals surface area contributed by atoms with Gasteiger partial charge < -0.3 is 10.2 Å². The van der Waals surface area contributed by atoms with Gasteiger partial charge in [-0.1, -0.05) is 6.07 Å². The lowest BCUT2D eigenvalue weighted by molar-refractivity contribution is 0.218. The fourth-order valence-corrected chi connectivity index (χ4v) is 1.69. The second kappa shape index (κ2) is 5.07. The average Bonchev–Trinajstić information content (AvgIpc) is 2.41. The maximum Gasteiger partial charge on any atom is 0.321 e. The zero-order chi connectivity index (χ0) is 13.8. The molecule has 0 spiro atoms. The quantitative estimate of drug-likeness (QED) is 0.616. The number of nitrogens with zero attached hydrogens (tertiary/aromatic N) is 4. The summed E-state index contributed by atoms with van der Waals surface area (Å²) in [5.74, 6) is 0. The topological polar surface area (TPSA) is 104 Å². The number of hydrazone groups is 1. The van der Waals surface area contributed by atoms with Crippen LogP contribution in [-0.2, 0) is 6.54 Å². The molecule has 7 heteroatoms. The Labute approximate surface area is 109 Å². The standard InChI is InChI=1S/C12H10N6O/c1-18-7-9-10(15-12(18)19)3-2-4-11(9)17-16-8(5-13)6-14/h2-4,17H,7H2,1H3,(H,15,19). The number of urea groups is 1. The Morgan fingerprint density at radius 2 is 2.21 bits per heavy atom. The van der Waals surface area contributed by atoms with Crippen LogP contribution >= 0.6 is 0 Å². The van der Waals surface area contributed by atoms with E-state index in [9.17, 15) is 4.79 Å². The van der Waals surface area contributed by atoms with Crippen LogP contribution in [0.4, 0.5) is 16.2 Å². The second-order valence-electron chi connectivity index (χ2n) is 3.91. The van der Waals surface area contributed by atoms with E-state index in [1.165, 1.54) is 4.90 Å². The molecule has 19 heavy (non-hydrogen) atoms. The van der Waals surface area contributed by atoms with Crippen LogP contribution in [0.1, 0.15) is 5.56 Å². The summed E-state index contributed by atoms with van der Waals surface area (Å²) in [6.07, 6.45) is 0. The summed E-state index contributed by atoms with van der Waals surface area (Å²) in [6, 6.07) is 8.45. The predicted molar refractivity (Wildman–Crippen MR) is 69.2 cm³/mol. The van der Waals surface area contributed by atoms with Crippen molar-refractivity contribution in [3.8, 4) is 12.1 Å². The van der Waals surface area contributed by atoms with Gasteiger partial charge in [0.25, 0.3) is 0 Å². The Morgan fingerprint density at radius 1 is 1.47 bits per heavy atom. The maximum absolute atomic E-state index is 11.5. The van der Waals surface area contributed by atoms with Crippen molar-refractivity contribution in [2.24, 2.45) is 5.10 Å². The van der Waals surface area contributed by atoms with Crippen LogP contribution in [0.25, 0.3) is 0 Å². The van der Waals surface area contributed by atoms with Gasteiger partial charge in [-0.05, 0) is 12.1 Å². The molecule has 2 N–H and O–H groups in total. The van der Waals surface area contributed by atoms with E-state index in [1.807, 2.05) is 0 Å². The van der Waals surface area contributed by atoms with Crippen molar-refractivity contribution in [1.82, 2.24) is 4.90 Å². The zero-order valence-electron chi connectivity index (χ0n) is 10.1. The fraction of sp³-hybridized carbons (Fsp3) is 0.167. The molecule has 0 unspecified atom stereocenters. The first kappa shape index (κ1) is 12.4. The summed E-state index contributed by atoms with van der Waals surface area (Å²) < 4.78 is 0. The summed E-state index contributed by atoms with van der Waals surface area (Å²) in [7, 11) is 1.67. The van der Waals surface area contributed by atoms with Gasteiger partial charge in [-0.2, -0.15) is 15.6 Å². The molecule has 1 aliphatic rings. The highest BCUT2D eigenvalue weighted by atomic mass is 16.2. The third kappa shape index (κ3) is 2.45. The molecule has 0 aromatic heterocycles. The van der Waals surface area contributed by atoms with Crippen LogP contribution in [0.15, 0.2) is 23.3 Å². The number of hydrogen-bond acceptors (Lipinski definition) is 5. The van der Waals surface area contributed by atoms with E-state index >= 15 is 0 Å². The number of nitrogens with one attached hydrogen (secondary N) is 2. The molecule has 7 nitrogen and oxygen atoms in total. The Balaban J connectivity index is 2.32. The van der Waals surface area contributed by atoms with Crippen molar-refractivity contribution in [2.45, 2.75) is 6.54 Å². The molecule has 1 aliphatic heterocycles. The molecule has 0 atom stereocenters. The number of anilines is 2. The van der Waals surface area contributed by atoms with Gasteiger partial charge >= 0.3 is 6.03 Å². The van der Waals surface area contributed by atoms with Crippen LogP contribution in [0.5, 0.6) is 0 Å². The molecular weight excluding hydrogens is 244 g/mol. The third-order valence-electron chi connectivity index (χ3n) is 2.66. The van der Waals surface area contributed by atoms with E-state index in [-0.39, 0.29) is 11.7 Å². The molecule has 1 heterocycles. The molecule has 2 rings (SSSR count). The maximum atomic E-state index is 11.5. The van der Waals surface area contributed by atoms with Crippen LogP contribution in [0, 0.1) is 22.7 Å². The number of nitriles is 2. The predicted octanol–water partition coefficient (Wildman–Crippen LogP) is 1.48. The van der Waals surface area contributed by atoms with Crippen molar-refractivity contribution < 1.29 is 4.79 Å². The minimum Gasteiger partial charge on any atom is -0.323 e. The largest absolute Gasteiger partial charge is 0.323 e. The molecule has 0 radical (unpaired) electrons. The van der Waals surface area contributed by atoms with E-state index < -0.39 is 0 Å². The summed E-state index contributed by atoms with van der Waals surface area (Å²) in [5.41, 5.74) is 4.61. The lowest BCUT2D eigenvalue weighted by Crippen LogP contribution is -2.35. The Morgan fingerprint density at radius 3 is 2.89 bits per heavy atom. The van der Waals surface area contributed by atoms with Crippen molar-refractivity contribution >= 4 is 23.1 Å². The minimum absolute atomic E-state index is 0.178. The summed E-state index contributed by atoms with van der Waals surface area (Å²) in [4.78, 5) is 13.0. The van der Waals surface area contributed by atoms with Gasteiger partial charge in [0.2, 0.25) is 5.71 Å². The van der Waals surface area contributed by atoms with E-state index in [1.54, 1.807) is 37.4 Å². The molecule has 94 valence electrons. The highest BCUT2D eigenvalue weighted by Gasteiger charge is 2.21. The van der Waals surface area contributed by atoms with Crippen LogP contribution in [0.2, 0.25) is 0 Å². The normalized spacial score (nSPS) is 12.6. The lowest BCUT2D eigenvalue weighted by Gasteiger charge is -2.27. The van der Waals surface area contributed by atoms with E-state index in [2.05, 4.69) is 15.8 Å². The van der Waals surface area contributed by atoms with E-state index in [4.69, 9.17) is 10.5 Å². The van der Waals surface area contributed by atoms with Gasteiger partial charge in [-0.15, -0.1) is 0 Å². The SMILES string of the molecule is CN1Cc2c(NN=C(C#N)C#N)cccc2NC1=O. The van der Waals surface area contributed by atoms with Crippen molar-refractivity contribution in [3.05, 3.63) is 23.8 Å². The Bertz CT molecular complexity index is 621. The molecule has 2 amide bonds. The summed E-state index contributed by atoms with van der Waals surface area (Å²) >= 11 is 0. The molecular formula is C12H10N6O. The molecule has 1 aromatic rings. The number of amides is 2. The monoisotopic (exact) mass is 254 g/mol. The average molecular weight is 254 g/mol. The van der Waals surface area contributed by atoms with Gasteiger partial charge in [0.05, 0.1) is 12.2 Å². The summed E-state index contributed by atoms with van der Waals surface area (Å²) in [5, 5.41) is 23.7. The molecule has 0 fully saturated rings. The number of rotatable bonds is 2. The number of fused-ring (bicyclic) bond motifs is 1. The first-order valence-corrected chi connectivity index (χ1v) is 5.43. The Hall–Kier alpha value is -3.06. The minimum atomic E-state index is -0.259. The lowest BCUT2D eigenvalue weighted by atomic mass is 10.1. The molecule has 0 aliphatic carbocycles. The zero-order valence-corrected chi connectivity index (χ0v) is 10.1. The number of hydrogen-bond donors (Lipinski definition) is 2. The molecule has 1 aromatic carbocycles. The first-order valence-electron chi connectivity index (χ1n) is 5.43. The van der Waals surface area contributed by atoms with Gasteiger partial charge in [0.15, 0.2) is 0 Å². The van der Waals surface area contributed by atoms with Gasteiger partial charge in [-0.25, -0.2) is 4.79 Å². The number of carbonyl (C=O) groups is 1. The molecule has 0 bridgehead atoms. The molecule has 0 saturated heterocycles. The van der Waals surface area contributed by atoms with Crippen LogP contribution in [-0.4, -0.2) is 23.7 Å². The number of benzene rings is 1. The van der Waals surface area contributed by atoms with Crippen molar-refractivity contribution in [1.29, 1.82) is 10.5 Å².